The van der Waals surface area contributed by atoms with E-state index >= 15 is 0 Å². The summed E-state index contributed by atoms with van der Waals surface area (Å²) in [7, 11) is 1.71. The van der Waals surface area contributed by atoms with Crippen molar-refractivity contribution in [1.29, 1.82) is 0 Å². The van der Waals surface area contributed by atoms with Gasteiger partial charge < -0.3 is 10.3 Å². The molecule has 1 amide bonds. The third-order valence-electron chi connectivity index (χ3n) is 3.41. The number of hydrogen-bond donors (Lipinski definition) is 2. The largest absolute Gasteiger partial charge is 0.339 e. The van der Waals surface area contributed by atoms with Gasteiger partial charge in [-0.15, -0.1) is 0 Å². The number of nitro groups is 1. The fraction of sp³-hybridized carbons (Fsp3) is 0.462. The molecule has 7 heteroatoms. The Labute approximate surface area is 117 Å². The van der Waals surface area contributed by atoms with Crippen molar-refractivity contribution in [1.82, 2.24) is 4.90 Å². The number of carbonyl (C=O) groups excluding carboxylic acids is 1. The molecule has 0 saturated heterocycles. The van der Waals surface area contributed by atoms with Gasteiger partial charge in [-0.05, 0) is 25.0 Å². The maximum absolute atomic E-state index is 12.3. The lowest BCUT2D eigenvalue weighted by molar-refractivity contribution is -0.384. The van der Waals surface area contributed by atoms with E-state index < -0.39 is 4.92 Å². The summed E-state index contributed by atoms with van der Waals surface area (Å²) < 4.78 is 0. The molecule has 0 aliphatic carbocycles. The summed E-state index contributed by atoms with van der Waals surface area (Å²) in [4.78, 5) is 24.3. The lowest BCUT2D eigenvalue weighted by Gasteiger charge is -2.26. The van der Waals surface area contributed by atoms with E-state index in [0.717, 1.165) is 12.8 Å². The van der Waals surface area contributed by atoms with Gasteiger partial charge in [0.15, 0.2) is 0 Å². The first-order valence-corrected chi connectivity index (χ1v) is 6.48. The highest BCUT2D eigenvalue weighted by Crippen LogP contribution is 2.25. The van der Waals surface area contributed by atoms with E-state index in [1.165, 1.54) is 18.2 Å². The Kier molecular flexibility index (Phi) is 5.45. The molecule has 0 radical (unpaired) electrons. The second-order valence-electron chi connectivity index (χ2n) is 4.52. The molecular formula is C13H20N4O3. The van der Waals surface area contributed by atoms with Gasteiger partial charge in [0.25, 0.3) is 11.6 Å². The average Bonchev–Trinajstić information content (AvgIpc) is 2.46. The van der Waals surface area contributed by atoms with Gasteiger partial charge in [0, 0.05) is 24.7 Å². The molecule has 110 valence electrons. The molecule has 1 rings (SSSR count). The van der Waals surface area contributed by atoms with Crippen molar-refractivity contribution in [3.63, 3.8) is 0 Å². The van der Waals surface area contributed by atoms with Crippen molar-refractivity contribution in [3.8, 4) is 0 Å². The van der Waals surface area contributed by atoms with E-state index in [0.29, 0.717) is 0 Å². The second-order valence-corrected chi connectivity index (χ2v) is 4.52. The Morgan fingerprint density at radius 3 is 2.50 bits per heavy atom. The van der Waals surface area contributed by atoms with Crippen molar-refractivity contribution in [2.24, 2.45) is 5.84 Å². The smallest absolute Gasteiger partial charge is 0.294 e. The summed E-state index contributed by atoms with van der Waals surface area (Å²) in [6.07, 6.45) is 1.67. The van der Waals surface area contributed by atoms with Crippen molar-refractivity contribution in [2.75, 3.05) is 12.5 Å². The third-order valence-corrected chi connectivity index (χ3v) is 3.41. The normalized spacial score (nSPS) is 10.4. The van der Waals surface area contributed by atoms with Crippen molar-refractivity contribution in [2.45, 2.75) is 32.7 Å². The van der Waals surface area contributed by atoms with Crippen LogP contribution in [0.1, 0.15) is 37.0 Å². The number of benzene rings is 1. The Hall–Kier alpha value is -2.15. The molecule has 0 heterocycles. The molecule has 0 bridgehead atoms. The van der Waals surface area contributed by atoms with Gasteiger partial charge in [0.05, 0.1) is 4.92 Å². The topological polar surface area (TPSA) is 102 Å². The second kappa shape index (κ2) is 6.85. The highest BCUT2D eigenvalue weighted by Gasteiger charge is 2.22. The number of rotatable bonds is 6. The zero-order valence-corrected chi connectivity index (χ0v) is 11.9. The molecule has 1 aromatic carbocycles. The molecule has 0 saturated carbocycles. The molecule has 0 unspecified atom stereocenters. The van der Waals surface area contributed by atoms with Crippen LogP contribution in [0.15, 0.2) is 18.2 Å². The standard InChI is InChI=1S/C13H20N4O3/c1-4-10(5-2)16(3)13(18)9-6-7-11(15-14)12(8-9)17(19)20/h6-8,10,15H,4-5,14H2,1-3H3. The lowest BCUT2D eigenvalue weighted by Crippen LogP contribution is -2.36. The molecular weight excluding hydrogens is 260 g/mol. The van der Waals surface area contributed by atoms with Crippen molar-refractivity contribution < 1.29 is 9.72 Å². The number of anilines is 1. The van der Waals surface area contributed by atoms with Gasteiger partial charge in [-0.2, -0.15) is 0 Å². The quantitative estimate of drug-likeness (QED) is 0.472. The maximum atomic E-state index is 12.3. The van der Waals surface area contributed by atoms with Gasteiger partial charge in [-0.1, -0.05) is 13.8 Å². The van der Waals surface area contributed by atoms with Crippen LogP contribution < -0.4 is 11.3 Å². The van der Waals surface area contributed by atoms with Crippen LogP contribution in [0.3, 0.4) is 0 Å². The summed E-state index contributed by atoms with van der Waals surface area (Å²) >= 11 is 0. The molecule has 0 fully saturated rings. The van der Waals surface area contributed by atoms with Gasteiger partial charge >= 0.3 is 0 Å². The Bertz CT molecular complexity index is 500. The van der Waals surface area contributed by atoms with Crippen LogP contribution >= 0.6 is 0 Å². The predicted octanol–water partition coefficient (Wildman–Crippen LogP) is 2.14. The van der Waals surface area contributed by atoms with Gasteiger partial charge in [0.2, 0.25) is 0 Å². The number of nitro benzene ring substituents is 1. The van der Waals surface area contributed by atoms with E-state index in [1.54, 1.807) is 11.9 Å². The first-order chi connectivity index (χ1) is 9.46. The zero-order valence-electron chi connectivity index (χ0n) is 11.9. The highest BCUT2D eigenvalue weighted by atomic mass is 16.6. The minimum absolute atomic E-state index is 0.119. The Morgan fingerprint density at radius 1 is 1.45 bits per heavy atom. The maximum Gasteiger partial charge on any atom is 0.294 e. The summed E-state index contributed by atoms with van der Waals surface area (Å²) in [5, 5.41) is 11.0. The number of nitrogens with one attached hydrogen (secondary N) is 1. The summed E-state index contributed by atoms with van der Waals surface area (Å²) in [6, 6.07) is 4.33. The van der Waals surface area contributed by atoms with Crippen molar-refractivity contribution in [3.05, 3.63) is 33.9 Å². The van der Waals surface area contributed by atoms with Gasteiger partial charge in [-0.3, -0.25) is 20.8 Å². The first-order valence-electron chi connectivity index (χ1n) is 6.48. The molecule has 0 aliphatic heterocycles. The van der Waals surface area contributed by atoms with Gasteiger partial charge in [-0.25, -0.2) is 0 Å². The molecule has 1 aromatic rings. The van der Waals surface area contributed by atoms with E-state index in [4.69, 9.17) is 5.84 Å². The zero-order chi connectivity index (χ0) is 15.3. The Balaban J connectivity index is 3.11. The predicted molar refractivity (Wildman–Crippen MR) is 77.4 cm³/mol. The Morgan fingerprint density at radius 2 is 2.05 bits per heavy atom. The number of nitrogen functional groups attached to an aromatic ring is 1. The molecule has 3 N–H and O–H groups in total. The van der Waals surface area contributed by atoms with Crippen LogP contribution in [-0.2, 0) is 0 Å². The van der Waals surface area contributed by atoms with E-state index in [2.05, 4.69) is 5.43 Å². The fourth-order valence-electron chi connectivity index (χ4n) is 2.14. The van der Waals surface area contributed by atoms with E-state index in [9.17, 15) is 14.9 Å². The summed E-state index contributed by atoms with van der Waals surface area (Å²) in [5.74, 6) is 4.98. The SMILES string of the molecule is CCC(CC)N(C)C(=O)c1ccc(NN)c([N+](=O)[O-])c1. The van der Waals surface area contributed by atoms with Crippen molar-refractivity contribution >= 4 is 17.3 Å². The first kappa shape index (κ1) is 15.9. The van der Waals surface area contributed by atoms with E-state index in [-0.39, 0.29) is 28.9 Å². The number of carbonyl (C=O) groups is 1. The molecule has 0 spiro atoms. The van der Waals surface area contributed by atoms with Crippen LogP contribution in [0.2, 0.25) is 0 Å². The molecule has 0 aromatic heterocycles. The van der Waals surface area contributed by atoms with Crippen LogP contribution in [0.4, 0.5) is 11.4 Å². The number of hydrazine groups is 1. The minimum Gasteiger partial charge on any atom is -0.339 e. The van der Waals surface area contributed by atoms with Gasteiger partial charge in [0.1, 0.15) is 5.69 Å². The molecule has 20 heavy (non-hydrogen) atoms. The highest BCUT2D eigenvalue weighted by molar-refractivity contribution is 5.95. The fourth-order valence-corrected chi connectivity index (χ4v) is 2.14. The molecule has 0 atom stereocenters. The molecule has 7 nitrogen and oxygen atoms in total. The molecule has 0 aliphatic rings. The summed E-state index contributed by atoms with van der Waals surface area (Å²) in [5.41, 5.74) is 2.50. The number of hydrogen-bond acceptors (Lipinski definition) is 5. The lowest BCUT2D eigenvalue weighted by atomic mass is 10.1. The van der Waals surface area contributed by atoms with E-state index in [1.807, 2.05) is 13.8 Å². The average molecular weight is 280 g/mol. The number of nitrogens with two attached hydrogens (primary N) is 1. The third kappa shape index (κ3) is 3.24. The monoisotopic (exact) mass is 280 g/mol. The summed E-state index contributed by atoms with van der Waals surface area (Å²) in [6.45, 7) is 4.00. The number of nitrogens with zero attached hydrogens (tertiary/aromatic N) is 2. The van der Waals surface area contributed by atoms with Crippen LogP contribution in [0.25, 0.3) is 0 Å². The number of amides is 1. The van der Waals surface area contributed by atoms with Crippen LogP contribution in [-0.4, -0.2) is 28.8 Å². The van der Waals surface area contributed by atoms with Crippen LogP contribution in [0, 0.1) is 10.1 Å². The minimum atomic E-state index is -0.566. The van der Waals surface area contributed by atoms with Crippen LogP contribution in [0.5, 0.6) is 0 Å².